The highest BCUT2D eigenvalue weighted by atomic mass is 16.6. The summed E-state index contributed by atoms with van der Waals surface area (Å²) < 4.78 is 9.13. The third kappa shape index (κ3) is 2.98. The van der Waals surface area contributed by atoms with Gasteiger partial charge in [-0.25, -0.2) is 9.59 Å². The van der Waals surface area contributed by atoms with E-state index in [0.717, 1.165) is 0 Å². The molecule has 0 radical (unpaired) electrons. The molecule has 1 rings (SSSR count). The maximum atomic E-state index is 11.6. The van der Waals surface area contributed by atoms with Gasteiger partial charge in [0.1, 0.15) is 0 Å². The van der Waals surface area contributed by atoms with E-state index in [1.54, 1.807) is 31.3 Å². The summed E-state index contributed by atoms with van der Waals surface area (Å²) in [6.45, 7) is -0.382. The standard InChI is InChI=1S/C11H13NO4/c1-12-9-6-4-3-5-8(9)11(14)16-7-10(13)15-2/h3-6,12H,7H2,1-2H3. The number of rotatable bonds is 4. The zero-order chi connectivity index (χ0) is 12.0. The average molecular weight is 223 g/mol. The van der Waals surface area contributed by atoms with Crippen molar-refractivity contribution in [1.82, 2.24) is 0 Å². The second-order valence-corrected chi connectivity index (χ2v) is 2.95. The fraction of sp³-hybridized carbons (Fsp3) is 0.273. The Morgan fingerprint density at radius 1 is 1.31 bits per heavy atom. The topological polar surface area (TPSA) is 64.6 Å². The number of anilines is 1. The number of para-hydroxylation sites is 1. The average Bonchev–Trinajstić information content (AvgIpc) is 2.35. The van der Waals surface area contributed by atoms with Gasteiger partial charge in [0.05, 0.1) is 12.7 Å². The first-order valence-electron chi connectivity index (χ1n) is 4.69. The molecule has 0 amide bonds. The maximum Gasteiger partial charge on any atom is 0.344 e. The Kier molecular flexibility index (Phi) is 4.32. The van der Waals surface area contributed by atoms with Crippen LogP contribution in [0.1, 0.15) is 10.4 Å². The Morgan fingerprint density at radius 3 is 2.62 bits per heavy atom. The van der Waals surface area contributed by atoms with Crippen LogP contribution in [0.2, 0.25) is 0 Å². The lowest BCUT2D eigenvalue weighted by molar-refractivity contribution is -0.144. The van der Waals surface area contributed by atoms with Crippen molar-refractivity contribution in [3.05, 3.63) is 29.8 Å². The number of benzene rings is 1. The maximum absolute atomic E-state index is 11.6. The van der Waals surface area contributed by atoms with Crippen LogP contribution in [-0.2, 0) is 14.3 Å². The van der Waals surface area contributed by atoms with Gasteiger partial charge < -0.3 is 14.8 Å². The van der Waals surface area contributed by atoms with Crippen LogP contribution in [0, 0.1) is 0 Å². The molecule has 5 nitrogen and oxygen atoms in total. The van der Waals surface area contributed by atoms with Crippen LogP contribution >= 0.6 is 0 Å². The van der Waals surface area contributed by atoms with Crippen LogP contribution in [0.3, 0.4) is 0 Å². The highest BCUT2D eigenvalue weighted by Crippen LogP contribution is 2.14. The van der Waals surface area contributed by atoms with E-state index in [1.807, 2.05) is 0 Å². The van der Waals surface area contributed by atoms with Gasteiger partial charge in [-0.1, -0.05) is 12.1 Å². The van der Waals surface area contributed by atoms with Gasteiger partial charge in [0.15, 0.2) is 6.61 Å². The van der Waals surface area contributed by atoms with Gasteiger partial charge >= 0.3 is 11.9 Å². The fourth-order valence-corrected chi connectivity index (χ4v) is 1.14. The smallest absolute Gasteiger partial charge is 0.344 e. The molecule has 86 valence electrons. The van der Waals surface area contributed by atoms with E-state index in [4.69, 9.17) is 4.74 Å². The second kappa shape index (κ2) is 5.75. The van der Waals surface area contributed by atoms with Crippen molar-refractivity contribution in [2.24, 2.45) is 0 Å². The summed E-state index contributed by atoms with van der Waals surface area (Å²) in [4.78, 5) is 22.4. The van der Waals surface area contributed by atoms with E-state index >= 15 is 0 Å². The molecule has 0 heterocycles. The number of esters is 2. The largest absolute Gasteiger partial charge is 0.466 e. The first-order chi connectivity index (χ1) is 7.69. The van der Waals surface area contributed by atoms with E-state index in [9.17, 15) is 9.59 Å². The predicted molar refractivity (Wildman–Crippen MR) is 58.3 cm³/mol. The van der Waals surface area contributed by atoms with Crippen LogP contribution in [0.15, 0.2) is 24.3 Å². The number of hydrogen-bond acceptors (Lipinski definition) is 5. The second-order valence-electron chi connectivity index (χ2n) is 2.95. The van der Waals surface area contributed by atoms with Crippen LogP contribution in [0.5, 0.6) is 0 Å². The number of nitrogens with one attached hydrogen (secondary N) is 1. The molecule has 1 aromatic carbocycles. The van der Waals surface area contributed by atoms with Crippen LogP contribution in [0.25, 0.3) is 0 Å². The minimum Gasteiger partial charge on any atom is -0.466 e. The summed E-state index contributed by atoms with van der Waals surface area (Å²) in [5.41, 5.74) is 1.03. The van der Waals surface area contributed by atoms with E-state index in [-0.39, 0.29) is 6.61 Å². The summed E-state index contributed by atoms with van der Waals surface area (Å²) in [6, 6.07) is 6.87. The number of carbonyl (C=O) groups excluding carboxylic acids is 2. The molecule has 1 aromatic rings. The zero-order valence-electron chi connectivity index (χ0n) is 9.15. The van der Waals surface area contributed by atoms with Gasteiger partial charge in [-0.2, -0.15) is 0 Å². The molecular weight excluding hydrogens is 210 g/mol. The molecule has 0 aliphatic rings. The number of carbonyl (C=O) groups is 2. The van der Waals surface area contributed by atoms with Crippen molar-refractivity contribution in [2.75, 3.05) is 26.1 Å². The molecule has 0 bridgehead atoms. The van der Waals surface area contributed by atoms with Crippen molar-refractivity contribution in [1.29, 1.82) is 0 Å². The Morgan fingerprint density at radius 2 is 2.00 bits per heavy atom. The molecule has 0 saturated heterocycles. The number of ether oxygens (including phenoxy) is 2. The van der Waals surface area contributed by atoms with Gasteiger partial charge in [0.25, 0.3) is 0 Å². The van der Waals surface area contributed by atoms with Crippen molar-refractivity contribution < 1.29 is 19.1 Å². The fourth-order valence-electron chi connectivity index (χ4n) is 1.14. The molecule has 5 heteroatoms. The van der Waals surface area contributed by atoms with Gasteiger partial charge in [-0.15, -0.1) is 0 Å². The van der Waals surface area contributed by atoms with Gasteiger partial charge in [-0.3, -0.25) is 0 Å². The molecule has 16 heavy (non-hydrogen) atoms. The third-order valence-electron chi connectivity index (χ3n) is 1.97. The van der Waals surface area contributed by atoms with Crippen LogP contribution in [-0.4, -0.2) is 32.7 Å². The van der Waals surface area contributed by atoms with E-state index < -0.39 is 11.9 Å². The van der Waals surface area contributed by atoms with Crippen LogP contribution < -0.4 is 5.32 Å². The zero-order valence-corrected chi connectivity index (χ0v) is 9.15. The normalized spacial score (nSPS) is 9.38. The molecule has 0 aromatic heterocycles. The molecule has 0 saturated carbocycles. The highest BCUT2D eigenvalue weighted by molar-refractivity contribution is 5.96. The Balaban J connectivity index is 2.69. The first kappa shape index (κ1) is 12.0. The molecule has 0 unspecified atom stereocenters. The Bertz CT molecular complexity index is 389. The van der Waals surface area contributed by atoms with Crippen LogP contribution in [0.4, 0.5) is 5.69 Å². The van der Waals surface area contributed by atoms with Gasteiger partial charge in [-0.05, 0) is 12.1 Å². The molecule has 0 spiro atoms. The molecular formula is C11H13NO4. The first-order valence-corrected chi connectivity index (χ1v) is 4.69. The van der Waals surface area contributed by atoms with Crippen molar-refractivity contribution in [3.8, 4) is 0 Å². The SMILES string of the molecule is CNc1ccccc1C(=O)OCC(=O)OC. The number of hydrogen-bond donors (Lipinski definition) is 1. The summed E-state index contributed by atoms with van der Waals surface area (Å²) >= 11 is 0. The molecule has 1 N–H and O–H groups in total. The van der Waals surface area contributed by atoms with Gasteiger partial charge in [0, 0.05) is 12.7 Å². The van der Waals surface area contributed by atoms with Crippen molar-refractivity contribution >= 4 is 17.6 Å². The minimum absolute atomic E-state index is 0.382. The monoisotopic (exact) mass is 223 g/mol. The molecule has 0 atom stereocenters. The van der Waals surface area contributed by atoms with E-state index in [2.05, 4.69) is 10.1 Å². The van der Waals surface area contributed by atoms with Gasteiger partial charge in [0.2, 0.25) is 0 Å². The van der Waals surface area contributed by atoms with Crippen molar-refractivity contribution in [2.45, 2.75) is 0 Å². The summed E-state index contributed by atoms with van der Waals surface area (Å²) in [6.07, 6.45) is 0. The highest BCUT2D eigenvalue weighted by Gasteiger charge is 2.13. The molecule has 0 aliphatic heterocycles. The predicted octanol–water partition coefficient (Wildman–Crippen LogP) is 1.06. The lowest BCUT2D eigenvalue weighted by Crippen LogP contribution is -2.16. The quantitative estimate of drug-likeness (QED) is 0.773. The molecule has 0 fully saturated rings. The lowest BCUT2D eigenvalue weighted by atomic mass is 10.2. The van der Waals surface area contributed by atoms with Crippen molar-refractivity contribution in [3.63, 3.8) is 0 Å². The third-order valence-corrected chi connectivity index (χ3v) is 1.97. The van der Waals surface area contributed by atoms with E-state index in [0.29, 0.717) is 11.3 Å². The van der Waals surface area contributed by atoms with E-state index in [1.165, 1.54) is 7.11 Å². The Labute approximate surface area is 93.4 Å². The summed E-state index contributed by atoms with van der Waals surface area (Å²) in [5, 5.41) is 2.86. The summed E-state index contributed by atoms with van der Waals surface area (Å²) in [7, 11) is 2.93. The Hall–Kier alpha value is -2.04. The number of methoxy groups -OCH3 is 1. The minimum atomic E-state index is -0.588. The molecule has 0 aliphatic carbocycles. The summed E-state index contributed by atoms with van der Waals surface area (Å²) in [5.74, 6) is -1.15. The lowest BCUT2D eigenvalue weighted by Gasteiger charge is -2.07.